The van der Waals surface area contributed by atoms with Crippen molar-refractivity contribution in [2.75, 3.05) is 21.3 Å². The van der Waals surface area contributed by atoms with E-state index in [1.807, 2.05) is 0 Å². The van der Waals surface area contributed by atoms with Crippen molar-refractivity contribution >= 4 is 5.69 Å². The summed E-state index contributed by atoms with van der Waals surface area (Å²) < 4.78 is 21.2. The van der Waals surface area contributed by atoms with Crippen LogP contribution in [0, 0.1) is 10.1 Å². The third-order valence-electron chi connectivity index (χ3n) is 3.90. The molecule has 1 aromatic heterocycles. The summed E-state index contributed by atoms with van der Waals surface area (Å²) in [6, 6.07) is 9.67. The number of hydrogen-bond donors (Lipinski definition) is 0. The van der Waals surface area contributed by atoms with Crippen molar-refractivity contribution in [3.05, 3.63) is 52.8 Å². The number of ether oxygens (including phenoxy) is 3. The molecule has 26 heavy (non-hydrogen) atoms. The van der Waals surface area contributed by atoms with Crippen LogP contribution in [0.3, 0.4) is 0 Å². The molecule has 3 aromatic rings. The van der Waals surface area contributed by atoms with Crippen molar-refractivity contribution in [2.45, 2.75) is 0 Å². The number of nitro groups is 1. The van der Waals surface area contributed by atoms with E-state index in [1.165, 1.54) is 39.7 Å². The topological polar surface area (TPSA) is 96.9 Å². The average Bonchev–Trinajstić information content (AvgIpc) is 3.16. The van der Waals surface area contributed by atoms with E-state index in [4.69, 9.17) is 18.7 Å². The van der Waals surface area contributed by atoms with Gasteiger partial charge < -0.3 is 18.7 Å². The van der Waals surface area contributed by atoms with Gasteiger partial charge in [0.2, 0.25) is 5.75 Å². The lowest BCUT2D eigenvalue weighted by Gasteiger charge is -2.13. The zero-order chi connectivity index (χ0) is 18.7. The van der Waals surface area contributed by atoms with Crippen molar-refractivity contribution < 1.29 is 23.7 Å². The molecule has 8 nitrogen and oxygen atoms in total. The summed E-state index contributed by atoms with van der Waals surface area (Å²) in [5, 5.41) is 14.9. The molecule has 1 heterocycles. The zero-order valence-electron chi connectivity index (χ0n) is 14.4. The standard InChI is InChI=1S/C18H16N2O6/c1-23-15-8-12(9-16(24-2)18(15)25-3)17-14(10-26-19-17)11-4-6-13(7-5-11)20(21)22/h4-10H,1-3H3. The van der Waals surface area contributed by atoms with Gasteiger partial charge in [0.25, 0.3) is 5.69 Å². The van der Waals surface area contributed by atoms with Crippen LogP contribution in [-0.4, -0.2) is 31.4 Å². The fourth-order valence-corrected chi connectivity index (χ4v) is 2.63. The van der Waals surface area contributed by atoms with Crippen LogP contribution >= 0.6 is 0 Å². The van der Waals surface area contributed by atoms with Gasteiger partial charge in [-0.2, -0.15) is 0 Å². The number of non-ortho nitro benzene ring substituents is 1. The lowest BCUT2D eigenvalue weighted by atomic mass is 10.0. The van der Waals surface area contributed by atoms with Gasteiger partial charge in [0.1, 0.15) is 12.0 Å². The first kappa shape index (κ1) is 17.3. The minimum atomic E-state index is -0.447. The Hall–Kier alpha value is -3.55. The first-order valence-electron chi connectivity index (χ1n) is 7.58. The molecule has 134 valence electrons. The second kappa shape index (κ2) is 7.14. The average molecular weight is 356 g/mol. The number of aromatic nitrogens is 1. The first-order chi connectivity index (χ1) is 12.6. The zero-order valence-corrected chi connectivity index (χ0v) is 14.4. The van der Waals surface area contributed by atoms with Crippen LogP contribution in [-0.2, 0) is 0 Å². The van der Waals surface area contributed by atoms with E-state index >= 15 is 0 Å². The highest BCUT2D eigenvalue weighted by Crippen LogP contribution is 2.42. The van der Waals surface area contributed by atoms with Gasteiger partial charge >= 0.3 is 0 Å². The maximum absolute atomic E-state index is 10.8. The number of nitro benzene ring substituents is 1. The number of benzene rings is 2. The van der Waals surface area contributed by atoms with Crippen LogP contribution in [0.4, 0.5) is 5.69 Å². The van der Waals surface area contributed by atoms with Crippen LogP contribution in [0.5, 0.6) is 17.2 Å². The lowest BCUT2D eigenvalue weighted by Crippen LogP contribution is -1.96. The molecule has 0 unspecified atom stereocenters. The smallest absolute Gasteiger partial charge is 0.269 e. The van der Waals surface area contributed by atoms with Gasteiger partial charge in [-0.15, -0.1) is 0 Å². The summed E-state index contributed by atoms with van der Waals surface area (Å²) in [5.41, 5.74) is 2.69. The number of methoxy groups -OCH3 is 3. The van der Waals surface area contributed by atoms with Gasteiger partial charge in [-0.25, -0.2) is 0 Å². The minimum absolute atomic E-state index is 0.0135. The maximum Gasteiger partial charge on any atom is 0.269 e. The molecule has 2 aromatic carbocycles. The van der Waals surface area contributed by atoms with Crippen molar-refractivity contribution in [1.29, 1.82) is 0 Å². The molecule has 0 N–H and O–H groups in total. The van der Waals surface area contributed by atoms with Crippen LogP contribution < -0.4 is 14.2 Å². The van der Waals surface area contributed by atoms with Crippen molar-refractivity contribution in [2.24, 2.45) is 0 Å². The van der Waals surface area contributed by atoms with E-state index in [0.29, 0.717) is 34.1 Å². The molecule has 0 atom stereocenters. The highest BCUT2D eigenvalue weighted by atomic mass is 16.6. The summed E-state index contributed by atoms with van der Waals surface area (Å²) in [5.74, 6) is 1.44. The van der Waals surface area contributed by atoms with Crippen LogP contribution in [0.1, 0.15) is 0 Å². The Labute approximate surface area is 149 Å². The fraction of sp³-hybridized carbons (Fsp3) is 0.167. The normalized spacial score (nSPS) is 10.4. The molecule has 3 rings (SSSR count). The van der Waals surface area contributed by atoms with Gasteiger partial charge in [0.05, 0.1) is 26.3 Å². The van der Waals surface area contributed by atoms with Crippen LogP contribution in [0.15, 0.2) is 47.2 Å². The lowest BCUT2D eigenvalue weighted by molar-refractivity contribution is -0.384. The number of hydrogen-bond acceptors (Lipinski definition) is 7. The molecular formula is C18H16N2O6. The maximum atomic E-state index is 10.8. The van der Waals surface area contributed by atoms with Crippen LogP contribution in [0.25, 0.3) is 22.4 Å². The van der Waals surface area contributed by atoms with Gasteiger partial charge in [-0.05, 0) is 29.8 Å². The van der Waals surface area contributed by atoms with E-state index in [1.54, 1.807) is 24.3 Å². The molecule has 0 saturated heterocycles. The Bertz CT molecular complexity index is 908. The molecule has 0 fully saturated rings. The molecule has 0 aliphatic carbocycles. The van der Waals surface area contributed by atoms with E-state index in [9.17, 15) is 10.1 Å². The second-order valence-corrected chi connectivity index (χ2v) is 5.29. The highest BCUT2D eigenvalue weighted by Gasteiger charge is 2.19. The second-order valence-electron chi connectivity index (χ2n) is 5.29. The van der Waals surface area contributed by atoms with E-state index in [-0.39, 0.29) is 5.69 Å². The summed E-state index contributed by atoms with van der Waals surface area (Å²) in [4.78, 5) is 10.4. The van der Waals surface area contributed by atoms with Crippen molar-refractivity contribution in [3.8, 4) is 39.6 Å². The summed E-state index contributed by atoms with van der Waals surface area (Å²) in [7, 11) is 4.58. The van der Waals surface area contributed by atoms with E-state index in [0.717, 1.165) is 5.56 Å². The van der Waals surface area contributed by atoms with Crippen molar-refractivity contribution in [1.82, 2.24) is 5.16 Å². The number of rotatable bonds is 6. The molecule has 0 aliphatic heterocycles. The Morgan fingerprint density at radius 1 is 0.962 bits per heavy atom. The SMILES string of the molecule is COc1cc(-c2nocc2-c2ccc([N+](=O)[O-])cc2)cc(OC)c1OC. The monoisotopic (exact) mass is 356 g/mol. The van der Waals surface area contributed by atoms with Gasteiger partial charge in [0, 0.05) is 23.3 Å². The largest absolute Gasteiger partial charge is 0.493 e. The summed E-state index contributed by atoms with van der Waals surface area (Å²) in [6.07, 6.45) is 1.49. The molecule has 8 heteroatoms. The summed E-state index contributed by atoms with van der Waals surface area (Å²) >= 11 is 0. The molecule has 0 radical (unpaired) electrons. The third-order valence-corrected chi connectivity index (χ3v) is 3.90. The fourth-order valence-electron chi connectivity index (χ4n) is 2.63. The molecule has 0 saturated carbocycles. The molecule has 0 bridgehead atoms. The molecule has 0 aliphatic rings. The molecule has 0 spiro atoms. The Morgan fingerprint density at radius 3 is 2.08 bits per heavy atom. The van der Waals surface area contributed by atoms with Gasteiger partial charge in [0.15, 0.2) is 11.5 Å². The molecular weight excluding hydrogens is 340 g/mol. The Balaban J connectivity index is 2.09. The quantitative estimate of drug-likeness (QED) is 0.487. The van der Waals surface area contributed by atoms with Crippen LogP contribution in [0.2, 0.25) is 0 Å². The predicted octanol–water partition coefficient (Wildman–Crippen LogP) is 3.94. The Morgan fingerprint density at radius 2 is 1.58 bits per heavy atom. The minimum Gasteiger partial charge on any atom is -0.493 e. The summed E-state index contributed by atoms with van der Waals surface area (Å²) in [6.45, 7) is 0. The molecule has 0 amide bonds. The predicted molar refractivity (Wildman–Crippen MR) is 93.7 cm³/mol. The van der Waals surface area contributed by atoms with E-state index in [2.05, 4.69) is 5.16 Å². The van der Waals surface area contributed by atoms with Gasteiger partial charge in [-0.3, -0.25) is 10.1 Å². The third kappa shape index (κ3) is 3.04. The first-order valence-corrected chi connectivity index (χ1v) is 7.58. The highest BCUT2D eigenvalue weighted by molar-refractivity contribution is 5.82. The van der Waals surface area contributed by atoms with Gasteiger partial charge in [-0.1, -0.05) is 5.16 Å². The Kier molecular flexibility index (Phi) is 4.74. The number of nitrogens with zero attached hydrogens (tertiary/aromatic N) is 2. The van der Waals surface area contributed by atoms with Crippen molar-refractivity contribution in [3.63, 3.8) is 0 Å². The van der Waals surface area contributed by atoms with E-state index < -0.39 is 4.92 Å².